The third-order valence-corrected chi connectivity index (χ3v) is 2.88. The third kappa shape index (κ3) is 2.72. The Hall–Kier alpha value is -1.97. The summed E-state index contributed by atoms with van der Waals surface area (Å²) in [7, 11) is 1.45. The number of benzene rings is 2. The smallest absolute Gasteiger partial charge is 0.417 e. The lowest BCUT2D eigenvalue weighted by Crippen LogP contribution is -2.07. The molecule has 0 N–H and O–H groups in total. The zero-order chi connectivity index (χ0) is 14.0. The van der Waals surface area contributed by atoms with Gasteiger partial charge in [-0.3, -0.25) is 0 Å². The van der Waals surface area contributed by atoms with Gasteiger partial charge in [-0.05, 0) is 30.2 Å². The molecule has 4 heteroatoms. The molecule has 0 radical (unpaired) electrons. The zero-order valence-electron chi connectivity index (χ0n) is 10.6. The Kier molecular flexibility index (Phi) is 3.51. The Labute approximate surface area is 109 Å². The van der Waals surface area contributed by atoms with Crippen LogP contribution in [0.2, 0.25) is 0 Å². The molecule has 0 saturated heterocycles. The van der Waals surface area contributed by atoms with E-state index in [4.69, 9.17) is 4.74 Å². The van der Waals surface area contributed by atoms with Gasteiger partial charge in [-0.1, -0.05) is 30.3 Å². The molecule has 2 aromatic rings. The van der Waals surface area contributed by atoms with Crippen molar-refractivity contribution in [3.05, 3.63) is 53.6 Å². The molecule has 2 rings (SSSR count). The van der Waals surface area contributed by atoms with Crippen LogP contribution < -0.4 is 4.74 Å². The lowest BCUT2D eigenvalue weighted by atomic mass is 9.97. The molecule has 1 nitrogen and oxygen atoms in total. The fraction of sp³-hybridized carbons (Fsp3) is 0.200. The first-order valence-electron chi connectivity index (χ1n) is 5.74. The lowest BCUT2D eigenvalue weighted by molar-refractivity contribution is -0.137. The van der Waals surface area contributed by atoms with Crippen molar-refractivity contribution < 1.29 is 17.9 Å². The fourth-order valence-corrected chi connectivity index (χ4v) is 1.99. The Morgan fingerprint density at radius 1 is 0.947 bits per heavy atom. The van der Waals surface area contributed by atoms with Crippen LogP contribution in [0.3, 0.4) is 0 Å². The standard InChI is InChI=1S/C15H13F3O/c1-10-7-8-12(14(9-10)19-2)11-5-3-4-6-13(11)15(16,17)18/h3-9H,1-2H3. The zero-order valence-corrected chi connectivity index (χ0v) is 10.6. The fourth-order valence-electron chi connectivity index (χ4n) is 1.99. The Morgan fingerprint density at radius 2 is 1.63 bits per heavy atom. The average Bonchev–Trinajstić information content (AvgIpc) is 2.37. The number of aryl methyl sites for hydroxylation is 1. The van der Waals surface area contributed by atoms with Crippen molar-refractivity contribution in [1.29, 1.82) is 0 Å². The molecule has 0 spiro atoms. The van der Waals surface area contributed by atoms with Gasteiger partial charge in [0, 0.05) is 5.56 Å². The monoisotopic (exact) mass is 266 g/mol. The van der Waals surface area contributed by atoms with E-state index in [2.05, 4.69) is 0 Å². The van der Waals surface area contributed by atoms with Crippen LogP contribution in [0.1, 0.15) is 11.1 Å². The van der Waals surface area contributed by atoms with E-state index in [9.17, 15) is 13.2 Å². The Morgan fingerprint density at radius 3 is 2.26 bits per heavy atom. The Bertz CT molecular complexity index is 588. The van der Waals surface area contributed by atoms with E-state index >= 15 is 0 Å². The molecule has 0 aliphatic rings. The number of alkyl halides is 3. The molecule has 0 fully saturated rings. The van der Waals surface area contributed by atoms with E-state index < -0.39 is 11.7 Å². The van der Waals surface area contributed by atoms with Gasteiger partial charge < -0.3 is 4.74 Å². The van der Waals surface area contributed by atoms with Crippen molar-refractivity contribution in [2.24, 2.45) is 0 Å². The normalized spacial score (nSPS) is 11.4. The number of hydrogen-bond acceptors (Lipinski definition) is 1. The minimum Gasteiger partial charge on any atom is -0.496 e. The minimum absolute atomic E-state index is 0.131. The maximum atomic E-state index is 13.0. The lowest BCUT2D eigenvalue weighted by Gasteiger charge is -2.15. The van der Waals surface area contributed by atoms with Gasteiger partial charge in [0.15, 0.2) is 0 Å². The van der Waals surface area contributed by atoms with Gasteiger partial charge >= 0.3 is 6.18 Å². The van der Waals surface area contributed by atoms with Crippen LogP contribution in [0.5, 0.6) is 5.75 Å². The van der Waals surface area contributed by atoms with Crippen LogP contribution >= 0.6 is 0 Å². The van der Waals surface area contributed by atoms with Gasteiger partial charge in [-0.15, -0.1) is 0 Å². The summed E-state index contributed by atoms with van der Waals surface area (Å²) in [6.07, 6.45) is -4.38. The molecule has 0 aliphatic heterocycles. The highest BCUT2D eigenvalue weighted by Gasteiger charge is 2.33. The van der Waals surface area contributed by atoms with Crippen LogP contribution in [-0.4, -0.2) is 7.11 Å². The van der Waals surface area contributed by atoms with Crippen molar-refractivity contribution in [1.82, 2.24) is 0 Å². The van der Waals surface area contributed by atoms with Gasteiger partial charge in [-0.2, -0.15) is 13.2 Å². The predicted octanol–water partition coefficient (Wildman–Crippen LogP) is 4.69. The summed E-state index contributed by atoms with van der Waals surface area (Å²) in [6.45, 7) is 1.86. The van der Waals surface area contributed by atoms with Crippen molar-refractivity contribution in [3.8, 4) is 16.9 Å². The van der Waals surface area contributed by atoms with Crippen molar-refractivity contribution in [2.75, 3.05) is 7.11 Å². The SMILES string of the molecule is COc1cc(C)ccc1-c1ccccc1C(F)(F)F. The molecule has 0 aromatic heterocycles. The molecule has 0 amide bonds. The number of methoxy groups -OCH3 is 1. The first kappa shape index (κ1) is 13.5. The highest BCUT2D eigenvalue weighted by Crippen LogP contribution is 2.40. The molecule has 0 atom stereocenters. The van der Waals surface area contributed by atoms with Gasteiger partial charge in [0.05, 0.1) is 12.7 Å². The first-order chi connectivity index (χ1) is 8.93. The van der Waals surface area contributed by atoms with E-state index in [1.807, 2.05) is 6.92 Å². The van der Waals surface area contributed by atoms with E-state index in [0.29, 0.717) is 11.3 Å². The highest BCUT2D eigenvalue weighted by molar-refractivity contribution is 5.74. The van der Waals surface area contributed by atoms with E-state index in [1.165, 1.54) is 19.2 Å². The molecule has 0 saturated carbocycles. The largest absolute Gasteiger partial charge is 0.496 e. The van der Waals surface area contributed by atoms with Crippen molar-refractivity contribution in [2.45, 2.75) is 13.1 Å². The molecule has 0 aliphatic carbocycles. The maximum absolute atomic E-state index is 13.0. The molecule has 2 aromatic carbocycles. The van der Waals surface area contributed by atoms with Crippen LogP contribution in [0.4, 0.5) is 13.2 Å². The van der Waals surface area contributed by atoms with Gasteiger partial charge in [0.25, 0.3) is 0 Å². The quantitative estimate of drug-likeness (QED) is 0.766. The van der Waals surface area contributed by atoms with Gasteiger partial charge in [0.2, 0.25) is 0 Å². The summed E-state index contributed by atoms with van der Waals surface area (Å²) in [4.78, 5) is 0. The van der Waals surface area contributed by atoms with E-state index in [0.717, 1.165) is 11.6 Å². The Balaban J connectivity index is 2.66. The number of hydrogen-bond donors (Lipinski definition) is 0. The molecular formula is C15H13F3O. The minimum atomic E-state index is -4.38. The second-order valence-electron chi connectivity index (χ2n) is 4.25. The molecule has 0 unspecified atom stereocenters. The molecular weight excluding hydrogens is 253 g/mol. The topological polar surface area (TPSA) is 9.23 Å². The molecule has 19 heavy (non-hydrogen) atoms. The number of halogens is 3. The third-order valence-electron chi connectivity index (χ3n) is 2.88. The van der Waals surface area contributed by atoms with E-state index in [1.54, 1.807) is 24.3 Å². The van der Waals surface area contributed by atoms with Gasteiger partial charge in [0.1, 0.15) is 5.75 Å². The first-order valence-corrected chi connectivity index (χ1v) is 5.74. The predicted molar refractivity (Wildman–Crippen MR) is 68.2 cm³/mol. The molecule has 100 valence electrons. The van der Waals surface area contributed by atoms with Crippen LogP contribution in [0.15, 0.2) is 42.5 Å². The van der Waals surface area contributed by atoms with Gasteiger partial charge in [-0.25, -0.2) is 0 Å². The number of rotatable bonds is 2. The summed E-state index contributed by atoms with van der Waals surface area (Å²) in [6, 6.07) is 10.6. The summed E-state index contributed by atoms with van der Waals surface area (Å²) >= 11 is 0. The second kappa shape index (κ2) is 4.96. The summed E-state index contributed by atoms with van der Waals surface area (Å²) in [5, 5.41) is 0. The molecule has 0 bridgehead atoms. The maximum Gasteiger partial charge on any atom is 0.417 e. The van der Waals surface area contributed by atoms with Crippen LogP contribution in [0, 0.1) is 6.92 Å². The summed E-state index contributed by atoms with van der Waals surface area (Å²) in [5.74, 6) is 0.441. The van der Waals surface area contributed by atoms with Crippen molar-refractivity contribution >= 4 is 0 Å². The van der Waals surface area contributed by atoms with Crippen molar-refractivity contribution in [3.63, 3.8) is 0 Å². The van der Waals surface area contributed by atoms with Crippen LogP contribution in [-0.2, 0) is 6.18 Å². The average molecular weight is 266 g/mol. The summed E-state index contributed by atoms with van der Waals surface area (Å²) in [5.41, 5.74) is 0.857. The molecule has 0 heterocycles. The number of ether oxygens (including phenoxy) is 1. The van der Waals surface area contributed by atoms with Crippen LogP contribution in [0.25, 0.3) is 11.1 Å². The highest BCUT2D eigenvalue weighted by atomic mass is 19.4. The summed E-state index contributed by atoms with van der Waals surface area (Å²) < 4.78 is 44.2. The second-order valence-corrected chi connectivity index (χ2v) is 4.25. The van der Waals surface area contributed by atoms with E-state index in [-0.39, 0.29) is 5.56 Å².